The summed E-state index contributed by atoms with van der Waals surface area (Å²) in [6.45, 7) is 26.7. The molecule has 0 saturated heterocycles. The Balaban J connectivity index is 3.45. The third kappa shape index (κ3) is 42.7. The lowest BCUT2D eigenvalue weighted by molar-refractivity contribution is -0.142. The molecule has 0 bridgehead atoms. The SMILES string of the molecule is CCC(C)C(NC(=O)C(CC(=O)O)NC(=O)C(NC(=O)C(NC(=O)C(CCCCN)NC(=O)C(N)CO)C(C)CC)C(C)O)C(=O)NC(CC(C)C)C(=O)NC(C)C(=O)NC(CCCCN)C(=O)NC(CC(C)C)C(=O)NCC(=O)NC(CCCCN)C(=O)NC(C(=O)NC(CC(C)C)C(=O)NC(C)C(=O)NC(Cc1cnc[nH]1)C(=O)NC(C(N)=O)C(C)C)C(C)C. The third-order valence-corrected chi connectivity index (χ3v) is 21.0. The number of unbranched alkanes of at least 4 members (excludes halogenated alkanes) is 3. The summed E-state index contributed by atoms with van der Waals surface area (Å²) < 4.78 is 0. The quantitative estimate of drug-likeness (QED) is 0.0272. The minimum atomic E-state index is -1.98. The number of nitrogens with one attached hydrogen (secondary N) is 17. The molecule has 1 aromatic rings. The van der Waals surface area contributed by atoms with Gasteiger partial charge in [-0.1, -0.05) is 110 Å². The second-order valence-corrected chi connectivity index (χ2v) is 34.5. The predicted molar refractivity (Wildman–Crippen MR) is 469 cm³/mol. The lowest BCUT2D eigenvalue weighted by Gasteiger charge is -2.31. The van der Waals surface area contributed by atoms with E-state index in [4.69, 9.17) is 28.7 Å². The molecule has 0 spiro atoms. The van der Waals surface area contributed by atoms with Gasteiger partial charge in [-0.15, -0.1) is 0 Å². The van der Waals surface area contributed by atoms with E-state index < -0.39 is 252 Å². The number of aliphatic hydroxyl groups excluding tert-OH is 2. The Morgan fingerprint density at radius 2 is 0.717 bits per heavy atom. The molecule has 722 valence electrons. The van der Waals surface area contributed by atoms with Crippen LogP contribution < -0.4 is 114 Å². The Bertz CT molecular complexity index is 3720. The smallest absolute Gasteiger partial charge is 0.305 e. The average molecular weight is 1810 g/mol. The number of primary amides is 1. The molecule has 44 heteroatoms. The summed E-state index contributed by atoms with van der Waals surface area (Å²) in [7, 11) is 0. The van der Waals surface area contributed by atoms with Crippen molar-refractivity contribution < 1.29 is 102 Å². The zero-order valence-electron chi connectivity index (χ0n) is 76.9. The highest BCUT2D eigenvalue weighted by Crippen LogP contribution is 2.18. The minimum absolute atomic E-state index is 0.00771. The van der Waals surface area contributed by atoms with Crippen LogP contribution in [0.3, 0.4) is 0 Å². The fraction of sp³-hybridized carbons (Fsp3) is 0.747. The Hall–Kier alpha value is -10.6. The fourth-order valence-corrected chi connectivity index (χ4v) is 13.1. The van der Waals surface area contributed by atoms with Crippen molar-refractivity contribution >= 4 is 106 Å². The van der Waals surface area contributed by atoms with Gasteiger partial charge >= 0.3 is 5.97 Å². The van der Waals surface area contributed by atoms with Gasteiger partial charge in [0.05, 0.1) is 32.0 Å². The van der Waals surface area contributed by atoms with Crippen LogP contribution in [0.1, 0.15) is 220 Å². The molecular formula is C83H149N23O21. The molecule has 30 N–H and O–H groups in total. The minimum Gasteiger partial charge on any atom is -0.481 e. The lowest BCUT2D eigenvalue weighted by Crippen LogP contribution is -2.63. The molecule has 17 amide bonds. The second kappa shape index (κ2) is 59.5. The number of amides is 17. The van der Waals surface area contributed by atoms with Crippen molar-refractivity contribution in [2.45, 2.75) is 323 Å². The number of H-pyrrole nitrogens is 1. The van der Waals surface area contributed by atoms with Gasteiger partial charge in [-0.3, -0.25) is 86.3 Å². The van der Waals surface area contributed by atoms with E-state index in [9.17, 15) is 102 Å². The number of nitrogens with two attached hydrogens (primary N) is 5. The van der Waals surface area contributed by atoms with Crippen LogP contribution in [0.2, 0.25) is 0 Å². The number of aliphatic carboxylic acids is 1. The van der Waals surface area contributed by atoms with Crippen molar-refractivity contribution in [1.29, 1.82) is 0 Å². The third-order valence-electron chi connectivity index (χ3n) is 21.0. The summed E-state index contributed by atoms with van der Waals surface area (Å²) >= 11 is 0. The number of carboxylic acid groups (broad SMARTS) is 1. The molecule has 1 rings (SSSR count). The second-order valence-electron chi connectivity index (χ2n) is 34.5. The first-order chi connectivity index (χ1) is 59.5. The standard InChI is InChI=1S/C83H149N23O21/c1-18-46(13)65(105-79(123)60(36-62(110)111)101-83(127)67(50(17)108)106-82(126)66(47(14)19-2)104-75(119)55(28-22-25-31-86)96-71(115)52(87)39-107)81(125)100-58(34-43(7)8)77(121)92-48(15)69(113)95-54(27-21-24-30-85)73(117)98-56(32-41(3)4)72(116)90-38-61(109)94-53(26-20-23-29-84)74(118)103-64(45(11)12)80(124)99-57(33-42(5)6)76(120)93-49(16)70(114)97-59(35-51-37-89-40-91-51)78(122)102-63(44(9)10)68(88)112/h37,40-50,52-60,63-67,107-108H,18-36,38-39,84-87H2,1-17H3,(H2,88,112)(H,89,91)(H,90,116)(H,92,121)(H,93,120)(H,94,109)(H,95,113)(H,96,115)(H,97,114)(H,98,117)(H,99,124)(H,100,125)(H,101,127)(H,102,122)(H,103,118)(H,104,119)(H,105,123)(H,106,126)(H,110,111). The number of rotatable bonds is 63. The number of carbonyl (C=O) groups excluding carboxylic acids is 17. The number of nitrogens with zero attached hydrogens (tertiary/aromatic N) is 1. The molecule has 0 saturated carbocycles. The van der Waals surface area contributed by atoms with Gasteiger partial charge in [0.15, 0.2) is 0 Å². The predicted octanol–water partition coefficient (Wildman–Crippen LogP) is -5.03. The van der Waals surface area contributed by atoms with Crippen LogP contribution >= 0.6 is 0 Å². The van der Waals surface area contributed by atoms with Crippen molar-refractivity contribution in [2.24, 2.45) is 70.1 Å². The first-order valence-electron chi connectivity index (χ1n) is 44.0. The number of carbonyl (C=O) groups is 18. The maximum Gasteiger partial charge on any atom is 0.305 e. The number of carboxylic acids is 1. The van der Waals surface area contributed by atoms with Gasteiger partial charge in [-0.2, -0.15) is 0 Å². The average Bonchev–Trinajstić information content (AvgIpc) is 1.23. The van der Waals surface area contributed by atoms with Crippen molar-refractivity contribution in [1.82, 2.24) is 95.0 Å². The largest absolute Gasteiger partial charge is 0.481 e. The molecule has 0 radical (unpaired) electrons. The van der Waals surface area contributed by atoms with Gasteiger partial charge in [-0.25, -0.2) is 4.98 Å². The lowest BCUT2D eigenvalue weighted by atomic mass is 9.96. The number of hydrogen-bond donors (Lipinski definition) is 25. The normalized spacial score (nSPS) is 15.9. The van der Waals surface area contributed by atoms with Crippen LogP contribution in [-0.4, -0.2) is 267 Å². The van der Waals surface area contributed by atoms with Gasteiger partial charge in [0.2, 0.25) is 100 Å². The van der Waals surface area contributed by atoms with Gasteiger partial charge in [0.25, 0.3) is 0 Å². The van der Waals surface area contributed by atoms with E-state index in [2.05, 4.69) is 95.0 Å². The molecule has 1 heterocycles. The zero-order chi connectivity index (χ0) is 96.8. The van der Waals surface area contributed by atoms with Crippen molar-refractivity contribution in [3.8, 4) is 0 Å². The number of imidazole rings is 1. The van der Waals surface area contributed by atoms with Gasteiger partial charge in [-0.05, 0) is 159 Å². The number of aliphatic hydroxyl groups is 2. The van der Waals surface area contributed by atoms with Crippen LogP contribution in [-0.2, 0) is 92.7 Å². The van der Waals surface area contributed by atoms with Gasteiger partial charge in [0.1, 0.15) is 96.7 Å². The van der Waals surface area contributed by atoms with Gasteiger partial charge < -0.3 is 134 Å². The van der Waals surface area contributed by atoms with E-state index in [-0.39, 0.29) is 102 Å². The summed E-state index contributed by atoms with van der Waals surface area (Å²) in [5.74, 6) is -19.9. The highest BCUT2D eigenvalue weighted by Gasteiger charge is 2.41. The summed E-state index contributed by atoms with van der Waals surface area (Å²) in [5, 5.41) is 71.3. The summed E-state index contributed by atoms with van der Waals surface area (Å²) in [4.78, 5) is 255. The molecular weight excluding hydrogens is 1660 g/mol. The van der Waals surface area contributed by atoms with Crippen LogP contribution in [0.5, 0.6) is 0 Å². The Morgan fingerprint density at radius 3 is 1.10 bits per heavy atom. The van der Waals surface area contributed by atoms with E-state index in [1.165, 1.54) is 26.4 Å². The van der Waals surface area contributed by atoms with Crippen molar-refractivity contribution in [2.75, 3.05) is 32.8 Å². The molecule has 44 nitrogen and oxygen atoms in total. The number of aromatic nitrogens is 2. The first kappa shape index (κ1) is 114. The first-order valence-corrected chi connectivity index (χ1v) is 44.0. The Kier molecular flexibility index (Phi) is 53.6. The summed E-state index contributed by atoms with van der Waals surface area (Å²) in [6, 6.07) is -22.5. The number of aromatic amines is 1. The van der Waals surface area contributed by atoms with Crippen LogP contribution in [0.15, 0.2) is 12.5 Å². The van der Waals surface area contributed by atoms with E-state index in [0.717, 1.165) is 6.92 Å². The maximum absolute atomic E-state index is 14.5. The molecule has 19 unspecified atom stereocenters. The zero-order valence-corrected chi connectivity index (χ0v) is 76.9. The molecule has 19 atom stereocenters. The maximum atomic E-state index is 14.5. The molecule has 1 aromatic heterocycles. The van der Waals surface area contributed by atoms with E-state index in [0.29, 0.717) is 37.8 Å². The van der Waals surface area contributed by atoms with E-state index in [1.807, 2.05) is 0 Å². The molecule has 0 aliphatic carbocycles. The van der Waals surface area contributed by atoms with E-state index >= 15 is 0 Å². The van der Waals surface area contributed by atoms with Crippen LogP contribution in [0.4, 0.5) is 0 Å². The molecule has 0 aromatic carbocycles. The monoisotopic (exact) mass is 1800 g/mol. The Labute approximate surface area is 744 Å². The highest BCUT2D eigenvalue weighted by molar-refractivity contribution is 6.01. The molecule has 0 aliphatic heterocycles. The Morgan fingerprint density at radius 1 is 0.386 bits per heavy atom. The molecule has 0 aliphatic rings. The van der Waals surface area contributed by atoms with E-state index in [1.54, 1.807) is 96.9 Å². The topological polar surface area (TPSA) is 719 Å². The van der Waals surface area contributed by atoms with Crippen molar-refractivity contribution in [3.63, 3.8) is 0 Å². The molecule has 0 fully saturated rings. The van der Waals surface area contributed by atoms with Crippen molar-refractivity contribution in [3.05, 3.63) is 18.2 Å². The van der Waals surface area contributed by atoms with Gasteiger partial charge in [0, 0.05) is 18.3 Å². The fourth-order valence-electron chi connectivity index (χ4n) is 13.1. The summed E-state index contributed by atoms with van der Waals surface area (Å²) in [5.41, 5.74) is 29.0. The number of hydrogen-bond acceptors (Lipinski definition) is 25. The van der Waals surface area contributed by atoms with Crippen LogP contribution in [0.25, 0.3) is 0 Å². The molecule has 127 heavy (non-hydrogen) atoms. The summed E-state index contributed by atoms with van der Waals surface area (Å²) in [6.07, 6.45) is 2.67. The van der Waals surface area contributed by atoms with Crippen LogP contribution in [0, 0.1) is 41.4 Å². The highest BCUT2D eigenvalue weighted by atomic mass is 16.4.